The van der Waals surface area contributed by atoms with Crippen molar-refractivity contribution in [3.05, 3.63) is 29.8 Å². The van der Waals surface area contributed by atoms with Crippen molar-refractivity contribution >= 4 is 0 Å². The Balaban J connectivity index is 2.41. The fourth-order valence-electron chi connectivity index (χ4n) is 1.96. The Bertz CT molecular complexity index is 416. The molecule has 1 N–H and O–H groups in total. The van der Waals surface area contributed by atoms with Gasteiger partial charge >= 0.3 is 12.1 Å². The van der Waals surface area contributed by atoms with Crippen molar-refractivity contribution in [1.82, 2.24) is 0 Å². The number of hydrogen-bond donors (Lipinski definition) is 1. The molecule has 1 aliphatic carbocycles. The monoisotopic (exact) mass is 252 g/mol. The number of halogens is 5. The normalized spacial score (nSPS) is 19.1. The van der Waals surface area contributed by atoms with Crippen LogP contribution in [-0.2, 0) is 5.41 Å². The van der Waals surface area contributed by atoms with Gasteiger partial charge in [0.25, 0.3) is 0 Å². The van der Waals surface area contributed by atoms with Gasteiger partial charge in [-0.05, 0) is 30.5 Å². The Morgan fingerprint density at radius 3 is 1.76 bits per heavy atom. The third-order valence-corrected chi connectivity index (χ3v) is 3.13. The van der Waals surface area contributed by atoms with Crippen molar-refractivity contribution in [3.63, 3.8) is 0 Å². The van der Waals surface area contributed by atoms with Gasteiger partial charge in [0, 0.05) is 0 Å². The maximum atomic E-state index is 13.4. The third kappa shape index (κ3) is 1.66. The molecular weight excluding hydrogens is 243 g/mol. The number of benzene rings is 1. The van der Waals surface area contributed by atoms with Gasteiger partial charge < -0.3 is 5.11 Å². The maximum Gasteiger partial charge on any atom is 0.454 e. The SMILES string of the molecule is Oc1ccc(C2(C(F)(F)C(F)(F)F)CC2)cc1. The standard InChI is InChI=1S/C11H9F5O/c12-10(13,11(14,15)16)9(5-6-9)7-1-3-8(17)4-2-7/h1-4,17H,5-6H2. The summed E-state index contributed by atoms with van der Waals surface area (Å²) in [4.78, 5) is 0. The van der Waals surface area contributed by atoms with E-state index < -0.39 is 17.5 Å². The van der Waals surface area contributed by atoms with Gasteiger partial charge in [0.2, 0.25) is 0 Å². The van der Waals surface area contributed by atoms with Crippen LogP contribution >= 0.6 is 0 Å². The van der Waals surface area contributed by atoms with E-state index >= 15 is 0 Å². The summed E-state index contributed by atoms with van der Waals surface area (Å²) in [5.41, 5.74) is -2.24. The summed E-state index contributed by atoms with van der Waals surface area (Å²) in [5, 5.41) is 9.00. The zero-order valence-electron chi connectivity index (χ0n) is 8.56. The summed E-state index contributed by atoms with van der Waals surface area (Å²) in [7, 11) is 0. The second-order valence-electron chi connectivity index (χ2n) is 4.20. The van der Waals surface area contributed by atoms with E-state index in [2.05, 4.69) is 0 Å². The Morgan fingerprint density at radius 2 is 1.41 bits per heavy atom. The van der Waals surface area contributed by atoms with E-state index in [9.17, 15) is 22.0 Å². The van der Waals surface area contributed by atoms with Crippen molar-refractivity contribution in [3.8, 4) is 5.75 Å². The molecule has 94 valence electrons. The average molecular weight is 252 g/mol. The molecular formula is C11H9F5O. The van der Waals surface area contributed by atoms with Gasteiger partial charge in [-0.1, -0.05) is 12.1 Å². The van der Waals surface area contributed by atoms with Crippen molar-refractivity contribution in [2.24, 2.45) is 0 Å². The zero-order chi connectivity index (χ0) is 12.9. The first-order valence-electron chi connectivity index (χ1n) is 4.95. The van der Waals surface area contributed by atoms with Crippen molar-refractivity contribution in [2.75, 3.05) is 0 Å². The molecule has 1 fully saturated rings. The number of alkyl halides is 5. The molecule has 1 saturated carbocycles. The Hall–Kier alpha value is -1.33. The third-order valence-electron chi connectivity index (χ3n) is 3.13. The first-order valence-corrected chi connectivity index (χ1v) is 4.95. The van der Waals surface area contributed by atoms with E-state index in [0.717, 1.165) is 24.3 Å². The predicted octanol–water partition coefficient (Wildman–Crippen LogP) is 3.62. The molecule has 0 radical (unpaired) electrons. The van der Waals surface area contributed by atoms with Gasteiger partial charge in [0.05, 0.1) is 5.41 Å². The average Bonchev–Trinajstić information content (AvgIpc) is 2.98. The quantitative estimate of drug-likeness (QED) is 0.797. The van der Waals surface area contributed by atoms with E-state index in [4.69, 9.17) is 5.11 Å². The fraction of sp³-hybridized carbons (Fsp3) is 0.455. The van der Waals surface area contributed by atoms with Crippen molar-refractivity contribution < 1.29 is 27.1 Å². The zero-order valence-corrected chi connectivity index (χ0v) is 8.56. The summed E-state index contributed by atoms with van der Waals surface area (Å²) >= 11 is 0. The molecule has 0 amide bonds. The molecule has 6 heteroatoms. The van der Waals surface area contributed by atoms with E-state index in [0.29, 0.717) is 0 Å². The lowest BCUT2D eigenvalue weighted by molar-refractivity contribution is -0.296. The lowest BCUT2D eigenvalue weighted by Gasteiger charge is -2.29. The lowest BCUT2D eigenvalue weighted by atomic mass is 9.88. The second kappa shape index (κ2) is 3.34. The fourth-order valence-corrected chi connectivity index (χ4v) is 1.96. The van der Waals surface area contributed by atoms with Crippen LogP contribution in [0.5, 0.6) is 5.75 Å². The van der Waals surface area contributed by atoms with E-state index in [1.165, 1.54) is 0 Å². The molecule has 0 bridgehead atoms. The van der Waals surface area contributed by atoms with Crippen LogP contribution in [-0.4, -0.2) is 17.2 Å². The highest BCUT2D eigenvalue weighted by atomic mass is 19.4. The minimum atomic E-state index is -5.55. The first kappa shape index (κ1) is 12.1. The number of phenolic OH excluding ortho intramolecular Hbond substituents is 1. The highest BCUT2D eigenvalue weighted by Crippen LogP contribution is 2.63. The van der Waals surface area contributed by atoms with E-state index in [-0.39, 0.29) is 24.2 Å². The minimum absolute atomic E-state index is 0.0855. The number of aromatic hydroxyl groups is 1. The number of phenols is 1. The molecule has 0 atom stereocenters. The van der Waals surface area contributed by atoms with E-state index in [1.54, 1.807) is 0 Å². The number of rotatable bonds is 2. The molecule has 0 spiro atoms. The van der Waals surface area contributed by atoms with Crippen molar-refractivity contribution in [2.45, 2.75) is 30.4 Å². The van der Waals surface area contributed by atoms with Gasteiger partial charge in [-0.25, -0.2) is 0 Å². The van der Waals surface area contributed by atoms with Crippen LogP contribution in [0.25, 0.3) is 0 Å². The van der Waals surface area contributed by atoms with Crippen molar-refractivity contribution in [1.29, 1.82) is 0 Å². The lowest BCUT2D eigenvalue weighted by Crippen LogP contribution is -2.47. The summed E-state index contributed by atoms with van der Waals surface area (Å²) in [6.07, 6.45) is -5.96. The molecule has 1 nitrogen and oxygen atoms in total. The molecule has 1 aromatic carbocycles. The highest BCUT2D eigenvalue weighted by Gasteiger charge is 2.75. The first-order chi connectivity index (χ1) is 7.71. The van der Waals surface area contributed by atoms with Gasteiger partial charge in [0.1, 0.15) is 5.75 Å². The van der Waals surface area contributed by atoms with Crippen LogP contribution in [0.2, 0.25) is 0 Å². The van der Waals surface area contributed by atoms with Crippen LogP contribution in [0.1, 0.15) is 18.4 Å². The Morgan fingerprint density at radius 1 is 0.941 bits per heavy atom. The van der Waals surface area contributed by atoms with Gasteiger partial charge in [-0.15, -0.1) is 0 Å². The van der Waals surface area contributed by atoms with Crippen LogP contribution in [0.4, 0.5) is 22.0 Å². The summed E-state index contributed by atoms with van der Waals surface area (Å²) in [6.45, 7) is 0. The largest absolute Gasteiger partial charge is 0.508 e. The van der Waals surface area contributed by atoms with Crippen LogP contribution in [0.3, 0.4) is 0 Å². The van der Waals surface area contributed by atoms with Crippen LogP contribution in [0, 0.1) is 0 Å². The van der Waals surface area contributed by atoms with Gasteiger partial charge in [-0.3, -0.25) is 0 Å². The second-order valence-corrected chi connectivity index (χ2v) is 4.20. The summed E-state index contributed by atoms with van der Waals surface area (Å²) < 4.78 is 63.7. The summed E-state index contributed by atoms with van der Waals surface area (Å²) in [6, 6.07) is 4.45. The molecule has 0 aliphatic heterocycles. The number of hydrogen-bond acceptors (Lipinski definition) is 1. The molecule has 2 rings (SSSR count). The van der Waals surface area contributed by atoms with Gasteiger partial charge in [-0.2, -0.15) is 22.0 Å². The minimum Gasteiger partial charge on any atom is -0.508 e. The topological polar surface area (TPSA) is 20.2 Å². The van der Waals surface area contributed by atoms with E-state index in [1.807, 2.05) is 0 Å². The van der Waals surface area contributed by atoms with Gasteiger partial charge in [0.15, 0.2) is 0 Å². The Kier molecular flexibility index (Phi) is 2.38. The molecule has 17 heavy (non-hydrogen) atoms. The molecule has 0 heterocycles. The molecule has 0 unspecified atom stereocenters. The molecule has 0 saturated heterocycles. The molecule has 0 aromatic heterocycles. The molecule has 1 aliphatic rings. The highest BCUT2D eigenvalue weighted by molar-refractivity contribution is 5.38. The van der Waals surface area contributed by atoms with Crippen LogP contribution in [0.15, 0.2) is 24.3 Å². The van der Waals surface area contributed by atoms with Crippen LogP contribution < -0.4 is 0 Å². The summed E-state index contributed by atoms with van der Waals surface area (Å²) in [5.74, 6) is -4.91. The Labute approximate surface area is 93.9 Å². The maximum absolute atomic E-state index is 13.4. The predicted molar refractivity (Wildman–Crippen MR) is 50.0 cm³/mol. The molecule has 1 aromatic rings. The smallest absolute Gasteiger partial charge is 0.454 e.